The van der Waals surface area contributed by atoms with E-state index < -0.39 is 0 Å². The minimum absolute atomic E-state index is 0.648. The lowest BCUT2D eigenvalue weighted by Crippen LogP contribution is -2.21. The molecule has 0 spiro atoms. The number of anilines is 2. The average Bonchev–Trinajstić information content (AvgIpc) is 2.49. The molecule has 1 saturated carbocycles. The molecule has 1 aromatic rings. The molecule has 0 heterocycles. The standard InChI is InChI=1S/C17H28N2O/c1-3-13-5-7-14(8-6-13)12-19-15-9-10-16(18)17(11-15)20-4-2/h9-11,13-14,19H,3-8,12,18H2,1-2H3. The molecule has 3 nitrogen and oxygen atoms in total. The van der Waals surface area contributed by atoms with Crippen molar-refractivity contribution in [2.24, 2.45) is 11.8 Å². The van der Waals surface area contributed by atoms with Crippen molar-refractivity contribution in [3.8, 4) is 5.75 Å². The number of ether oxygens (including phenoxy) is 1. The van der Waals surface area contributed by atoms with Gasteiger partial charge in [-0.3, -0.25) is 0 Å². The minimum atomic E-state index is 0.648. The van der Waals surface area contributed by atoms with Gasteiger partial charge in [0.25, 0.3) is 0 Å². The Morgan fingerprint density at radius 1 is 1.15 bits per heavy atom. The molecule has 112 valence electrons. The second-order valence-corrected chi connectivity index (χ2v) is 5.86. The van der Waals surface area contributed by atoms with Crippen molar-refractivity contribution >= 4 is 11.4 Å². The monoisotopic (exact) mass is 276 g/mol. The Labute approximate surface area is 122 Å². The summed E-state index contributed by atoms with van der Waals surface area (Å²) in [6.07, 6.45) is 6.86. The van der Waals surface area contributed by atoms with E-state index >= 15 is 0 Å². The highest BCUT2D eigenvalue weighted by Gasteiger charge is 2.19. The lowest BCUT2D eigenvalue weighted by molar-refractivity contribution is 0.278. The van der Waals surface area contributed by atoms with Crippen molar-refractivity contribution in [3.63, 3.8) is 0 Å². The van der Waals surface area contributed by atoms with Gasteiger partial charge in [0, 0.05) is 18.3 Å². The number of hydrogen-bond donors (Lipinski definition) is 2. The van der Waals surface area contributed by atoms with Crippen LogP contribution in [-0.4, -0.2) is 13.2 Å². The Bertz CT molecular complexity index is 411. The van der Waals surface area contributed by atoms with Crippen LogP contribution < -0.4 is 15.8 Å². The molecule has 0 aliphatic heterocycles. The van der Waals surface area contributed by atoms with Crippen molar-refractivity contribution in [1.82, 2.24) is 0 Å². The van der Waals surface area contributed by atoms with Crippen LogP contribution in [0.2, 0.25) is 0 Å². The highest BCUT2D eigenvalue weighted by Crippen LogP contribution is 2.31. The molecule has 0 amide bonds. The van der Waals surface area contributed by atoms with Crippen molar-refractivity contribution in [3.05, 3.63) is 18.2 Å². The summed E-state index contributed by atoms with van der Waals surface area (Å²) in [6.45, 7) is 6.00. The summed E-state index contributed by atoms with van der Waals surface area (Å²) in [5.41, 5.74) is 7.71. The molecule has 1 fully saturated rings. The zero-order valence-electron chi connectivity index (χ0n) is 12.8. The fraction of sp³-hybridized carbons (Fsp3) is 0.647. The summed E-state index contributed by atoms with van der Waals surface area (Å²) >= 11 is 0. The van der Waals surface area contributed by atoms with Crippen LogP contribution in [-0.2, 0) is 0 Å². The summed E-state index contributed by atoms with van der Waals surface area (Å²) < 4.78 is 5.53. The topological polar surface area (TPSA) is 47.3 Å². The third kappa shape index (κ3) is 4.06. The number of nitrogen functional groups attached to an aromatic ring is 1. The first-order chi connectivity index (χ1) is 9.72. The van der Waals surface area contributed by atoms with Crippen molar-refractivity contribution in [2.75, 3.05) is 24.2 Å². The van der Waals surface area contributed by atoms with Crippen molar-refractivity contribution in [2.45, 2.75) is 46.0 Å². The van der Waals surface area contributed by atoms with Crippen molar-refractivity contribution < 1.29 is 4.74 Å². The van der Waals surface area contributed by atoms with Crippen LogP contribution in [0.1, 0.15) is 46.0 Å². The van der Waals surface area contributed by atoms with Crippen LogP contribution >= 0.6 is 0 Å². The molecule has 1 aromatic carbocycles. The fourth-order valence-electron chi connectivity index (χ4n) is 3.03. The first-order valence-corrected chi connectivity index (χ1v) is 7.99. The first-order valence-electron chi connectivity index (χ1n) is 7.99. The zero-order valence-corrected chi connectivity index (χ0v) is 12.8. The summed E-state index contributed by atoms with van der Waals surface area (Å²) in [5.74, 6) is 2.56. The number of nitrogens with one attached hydrogen (secondary N) is 1. The summed E-state index contributed by atoms with van der Waals surface area (Å²) in [4.78, 5) is 0. The van der Waals surface area contributed by atoms with E-state index in [0.717, 1.165) is 29.8 Å². The Morgan fingerprint density at radius 2 is 1.85 bits per heavy atom. The maximum absolute atomic E-state index is 5.89. The third-order valence-electron chi connectivity index (χ3n) is 4.45. The molecular weight excluding hydrogens is 248 g/mol. The lowest BCUT2D eigenvalue weighted by atomic mass is 9.81. The van der Waals surface area contributed by atoms with Crippen LogP contribution in [0.5, 0.6) is 5.75 Å². The van der Waals surface area contributed by atoms with E-state index in [4.69, 9.17) is 10.5 Å². The Balaban J connectivity index is 1.83. The van der Waals surface area contributed by atoms with E-state index in [-0.39, 0.29) is 0 Å². The molecule has 3 N–H and O–H groups in total. The van der Waals surface area contributed by atoms with Crippen LogP contribution in [0.25, 0.3) is 0 Å². The van der Waals surface area contributed by atoms with E-state index in [1.165, 1.54) is 32.1 Å². The van der Waals surface area contributed by atoms with Gasteiger partial charge in [-0.25, -0.2) is 0 Å². The van der Waals surface area contributed by atoms with Gasteiger partial charge in [-0.15, -0.1) is 0 Å². The number of hydrogen-bond acceptors (Lipinski definition) is 3. The van der Waals surface area contributed by atoms with Crippen LogP contribution in [0.15, 0.2) is 18.2 Å². The van der Waals surface area contributed by atoms with Gasteiger partial charge in [0.2, 0.25) is 0 Å². The van der Waals surface area contributed by atoms with Gasteiger partial charge in [0.05, 0.1) is 12.3 Å². The predicted octanol–water partition coefficient (Wildman–Crippen LogP) is 4.30. The smallest absolute Gasteiger partial charge is 0.144 e. The molecular formula is C17H28N2O. The van der Waals surface area contributed by atoms with Crippen LogP contribution in [0, 0.1) is 11.8 Å². The highest BCUT2D eigenvalue weighted by molar-refractivity contribution is 5.61. The van der Waals surface area contributed by atoms with Crippen LogP contribution in [0.4, 0.5) is 11.4 Å². The zero-order chi connectivity index (χ0) is 14.4. The molecule has 0 aromatic heterocycles. The molecule has 0 bridgehead atoms. The van der Waals surface area contributed by atoms with Crippen LogP contribution in [0.3, 0.4) is 0 Å². The molecule has 1 aliphatic carbocycles. The van der Waals surface area contributed by atoms with E-state index in [2.05, 4.69) is 12.2 Å². The van der Waals surface area contributed by atoms with Gasteiger partial charge >= 0.3 is 0 Å². The minimum Gasteiger partial charge on any atom is -0.492 e. The second kappa shape index (κ2) is 7.41. The van der Waals surface area contributed by atoms with E-state index in [1.54, 1.807) is 0 Å². The number of rotatable bonds is 6. The second-order valence-electron chi connectivity index (χ2n) is 5.86. The maximum atomic E-state index is 5.89. The Kier molecular flexibility index (Phi) is 5.57. The van der Waals surface area contributed by atoms with Gasteiger partial charge in [-0.2, -0.15) is 0 Å². The van der Waals surface area contributed by atoms with Gasteiger partial charge in [-0.1, -0.05) is 26.2 Å². The average molecular weight is 276 g/mol. The number of benzene rings is 1. The third-order valence-corrected chi connectivity index (χ3v) is 4.45. The van der Waals surface area contributed by atoms with E-state index in [9.17, 15) is 0 Å². The SMILES string of the molecule is CCOc1cc(NCC2CCC(CC)CC2)ccc1N. The maximum Gasteiger partial charge on any atom is 0.144 e. The molecule has 0 saturated heterocycles. The summed E-state index contributed by atoms with van der Waals surface area (Å²) in [7, 11) is 0. The van der Waals surface area contributed by atoms with Gasteiger partial charge in [0.1, 0.15) is 5.75 Å². The van der Waals surface area contributed by atoms with Gasteiger partial charge in [-0.05, 0) is 43.7 Å². The first kappa shape index (κ1) is 15.0. The van der Waals surface area contributed by atoms with Crippen molar-refractivity contribution in [1.29, 1.82) is 0 Å². The highest BCUT2D eigenvalue weighted by atomic mass is 16.5. The molecule has 20 heavy (non-hydrogen) atoms. The molecule has 0 unspecified atom stereocenters. The molecule has 2 rings (SSSR count). The number of nitrogens with two attached hydrogens (primary N) is 1. The normalized spacial score (nSPS) is 22.5. The molecule has 1 aliphatic rings. The van der Waals surface area contributed by atoms with E-state index in [0.29, 0.717) is 12.3 Å². The largest absolute Gasteiger partial charge is 0.492 e. The molecule has 3 heteroatoms. The van der Waals surface area contributed by atoms with Gasteiger partial charge < -0.3 is 15.8 Å². The Morgan fingerprint density at radius 3 is 2.50 bits per heavy atom. The molecule has 0 atom stereocenters. The Hall–Kier alpha value is -1.38. The molecule has 0 radical (unpaired) electrons. The predicted molar refractivity (Wildman–Crippen MR) is 86.3 cm³/mol. The summed E-state index contributed by atoms with van der Waals surface area (Å²) in [5, 5.41) is 3.54. The fourth-order valence-corrected chi connectivity index (χ4v) is 3.03. The lowest BCUT2D eigenvalue weighted by Gasteiger charge is -2.28. The van der Waals surface area contributed by atoms with E-state index in [1.807, 2.05) is 25.1 Å². The van der Waals surface area contributed by atoms with Gasteiger partial charge in [0.15, 0.2) is 0 Å². The summed E-state index contributed by atoms with van der Waals surface area (Å²) in [6, 6.07) is 5.97. The quantitative estimate of drug-likeness (QED) is 0.762.